The molecular formula is C16H23NO4. The van der Waals surface area contributed by atoms with Gasteiger partial charge in [0.2, 0.25) is 0 Å². The molecule has 0 spiro atoms. The lowest BCUT2D eigenvalue weighted by atomic mass is 10.2. The molecule has 0 aliphatic rings. The summed E-state index contributed by atoms with van der Waals surface area (Å²) in [6.07, 6.45) is -0.0776. The van der Waals surface area contributed by atoms with Gasteiger partial charge in [0.25, 0.3) is 5.91 Å². The molecule has 0 aliphatic heterocycles. The fourth-order valence-corrected chi connectivity index (χ4v) is 1.89. The molecule has 0 heterocycles. The van der Waals surface area contributed by atoms with Crippen molar-refractivity contribution in [3.8, 4) is 5.75 Å². The van der Waals surface area contributed by atoms with Gasteiger partial charge < -0.3 is 14.4 Å². The molecule has 0 radical (unpaired) electrons. The minimum Gasteiger partial charge on any atom is -0.481 e. The maximum absolute atomic E-state index is 12.3. The van der Waals surface area contributed by atoms with Crippen LogP contribution < -0.4 is 4.74 Å². The van der Waals surface area contributed by atoms with Gasteiger partial charge in [-0.2, -0.15) is 0 Å². The van der Waals surface area contributed by atoms with Gasteiger partial charge in [-0.1, -0.05) is 19.1 Å². The average molecular weight is 293 g/mol. The summed E-state index contributed by atoms with van der Waals surface area (Å²) in [6, 6.07) is 7.53. The first-order chi connectivity index (χ1) is 9.97. The Morgan fingerprint density at radius 1 is 1.29 bits per heavy atom. The number of esters is 1. The second-order valence-corrected chi connectivity index (χ2v) is 4.83. The molecule has 5 nitrogen and oxygen atoms in total. The van der Waals surface area contributed by atoms with Crippen LogP contribution >= 0.6 is 0 Å². The monoisotopic (exact) mass is 293 g/mol. The van der Waals surface area contributed by atoms with Crippen molar-refractivity contribution in [1.29, 1.82) is 0 Å². The summed E-state index contributed by atoms with van der Waals surface area (Å²) in [5.41, 5.74) is 1.06. The maximum Gasteiger partial charge on any atom is 0.325 e. The van der Waals surface area contributed by atoms with Crippen molar-refractivity contribution < 1.29 is 19.1 Å². The van der Waals surface area contributed by atoms with Gasteiger partial charge in [0.1, 0.15) is 12.3 Å². The lowest BCUT2D eigenvalue weighted by Gasteiger charge is -2.23. The third-order valence-electron chi connectivity index (χ3n) is 2.96. The normalized spacial score (nSPS) is 11.6. The van der Waals surface area contributed by atoms with E-state index in [2.05, 4.69) is 0 Å². The highest BCUT2D eigenvalue weighted by Gasteiger charge is 2.24. The molecule has 1 atom stereocenters. The van der Waals surface area contributed by atoms with Crippen molar-refractivity contribution in [3.63, 3.8) is 0 Å². The van der Waals surface area contributed by atoms with Gasteiger partial charge in [0.15, 0.2) is 6.10 Å². The molecule has 1 amide bonds. The molecule has 1 aromatic rings. The molecule has 0 saturated carbocycles. The first-order valence-electron chi connectivity index (χ1n) is 7.11. The SMILES string of the molecule is CCOC(=O)CN(C)C(=O)C(CC)Oc1cccc(C)c1. The third-order valence-corrected chi connectivity index (χ3v) is 2.96. The predicted molar refractivity (Wildman–Crippen MR) is 80.2 cm³/mol. The summed E-state index contributed by atoms with van der Waals surface area (Å²) in [6.45, 7) is 5.80. The maximum atomic E-state index is 12.3. The van der Waals surface area contributed by atoms with Crippen molar-refractivity contribution in [3.05, 3.63) is 29.8 Å². The van der Waals surface area contributed by atoms with Crippen LogP contribution in [0.1, 0.15) is 25.8 Å². The first kappa shape index (κ1) is 17.0. The minimum atomic E-state index is -0.605. The summed E-state index contributed by atoms with van der Waals surface area (Å²) in [5, 5.41) is 0. The number of carbonyl (C=O) groups excluding carboxylic acids is 2. The lowest BCUT2D eigenvalue weighted by Crippen LogP contribution is -2.42. The van der Waals surface area contributed by atoms with E-state index in [1.165, 1.54) is 4.90 Å². The van der Waals surface area contributed by atoms with Crippen molar-refractivity contribution in [2.75, 3.05) is 20.2 Å². The number of hydrogen-bond acceptors (Lipinski definition) is 4. The number of aryl methyl sites for hydroxylation is 1. The smallest absolute Gasteiger partial charge is 0.325 e. The minimum absolute atomic E-state index is 0.0691. The summed E-state index contributed by atoms with van der Waals surface area (Å²) in [5.74, 6) is 0.00514. The summed E-state index contributed by atoms with van der Waals surface area (Å²) < 4.78 is 10.6. The van der Waals surface area contributed by atoms with Crippen molar-refractivity contribution in [2.45, 2.75) is 33.3 Å². The van der Waals surface area contributed by atoms with Gasteiger partial charge in [0, 0.05) is 7.05 Å². The molecular weight excluding hydrogens is 270 g/mol. The standard InChI is InChI=1S/C16H23NO4/c1-5-14(21-13-9-7-8-12(3)10-13)16(19)17(4)11-15(18)20-6-2/h7-10,14H,5-6,11H2,1-4H3. The van der Waals surface area contributed by atoms with Gasteiger partial charge >= 0.3 is 5.97 Å². The fourth-order valence-electron chi connectivity index (χ4n) is 1.89. The molecule has 1 unspecified atom stereocenters. The van der Waals surface area contributed by atoms with Crippen LogP contribution in [0.5, 0.6) is 5.75 Å². The lowest BCUT2D eigenvalue weighted by molar-refractivity contribution is -0.150. The van der Waals surface area contributed by atoms with E-state index in [1.54, 1.807) is 14.0 Å². The van der Waals surface area contributed by atoms with E-state index in [1.807, 2.05) is 38.1 Å². The topological polar surface area (TPSA) is 55.8 Å². The molecule has 116 valence electrons. The van der Waals surface area contributed by atoms with Gasteiger partial charge in [-0.05, 0) is 38.0 Å². The van der Waals surface area contributed by atoms with Crippen molar-refractivity contribution in [1.82, 2.24) is 4.90 Å². The van der Waals surface area contributed by atoms with Crippen LogP contribution in [-0.4, -0.2) is 43.1 Å². The van der Waals surface area contributed by atoms with E-state index in [0.717, 1.165) is 5.56 Å². The molecule has 1 aromatic carbocycles. The molecule has 0 aliphatic carbocycles. The summed E-state index contributed by atoms with van der Waals surface area (Å²) in [7, 11) is 1.57. The Kier molecular flexibility index (Phi) is 6.72. The van der Waals surface area contributed by atoms with E-state index < -0.39 is 12.1 Å². The van der Waals surface area contributed by atoms with Gasteiger partial charge in [0.05, 0.1) is 6.61 Å². The molecule has 5 heteroatoms. The molecule has 0 bridgehead atoms. The van der Waals surface area contributed by atoms with Crippen LogP contribution in [0, 0.1) is 6.92 Å². The van der Waals surface area contributed by atoms with E-state index in [-0.39, 0.29) is 12.5 Å². The number of amides is 1. The Balaban J connectivity index is 2.66. The van der Waals surface area contributed by atoms with E-state index >= 15 is 0 Å². The molecule has 0 N–H and O–H groups in total. The van der Waals surface area contributed by atoms with E-state index in [0.29, 0.717) is 18.8 Å². The zero-order valence-electron chi connectivity index (χ0n) is 13.1. The highest BCUT2D eigenvalue weighted by Crippen LogP contribution is 2.16. The Labute approximate surface area is 125 Å². The van der Waals surface area contributed by atoms with Crippen LogP contribution in [0.2, 0.25) is 0 Å². The van der Waals surface area contributed by atoms with E-state index in [9.17, 15) is 9.59 Å². The van der Waals surface area contributed by atoms with E-state index in [4.69, 9.17) is 9.47 Å². The van der Waals surface area contributed by atoms with Crippen LogP contribution in [0.15, 0.2) is 24.3 Å². The van der Waals surface area contributed by atoms with Crippen molar-refractivity contribution >= 4 is 11.9 Å². The second-order valence-electron chi connectivity index (χ2n) is 4.83. The number of likely N-dealkylation sites (N-methyl/N-ethyl adjacent to an activating group) is 1. The predicted octanol–water partition coefficient (Wildman–Crippen LogP) is 2.17. The Bertz CT molecular complexity index is 487. The Morgan fingerprint density at radius 3 is 2.57 bits per heavy atom. The molecule has 0 fully saturated rings. The number of nitrogens with zero attached hydrogens (tertiary/aromatic N) is 1. The summed E-state index contributed by atoms with van der Waals surface area (Å²) >= 11 is 0. The van der Waals surface area contributed by atoms with Crippen LogP contribution in [-0.2, 0) is 14.3 Å². The number of carbonyl (C=O) groups is 2. The van der Waals surface area contributed by atoms with Crippen LogP contribution in [0.3, 0.4) is 0 Å². The second kappa shape index (κ2) is 8.29. The van der Waals surface area contributed by atoms with Crippen molar-refractivity contribution in [2.24, 2.45) is 0 Å². The van der Waals surface area contributed by atoms with Gasteiger partial charge in [-0.15, -0.1) is 0 Å². The van der Waals surface area contributed by atoms with Gasteiger partial charge in [-0.3, -0.25) is 9.59 Å². The summed E-state index contributed by atoms with van der Waals surface area (Å²) in [4.78, 5) is 25.0. The number of hydrogen-bond donors (Lipinski definition) is 0. The van der Waals surface area contributed by atoms with Crippen LogP contribution in [0.4, 0.5) is 0 Å². The molecule has 21 heavy (non-hydrogen) atoms. The number of ether oxygens (including phenoxy) is 2. The quantitative estimate of drug-likeness (QED) is 0.723. The molecule has 1 rings (SSSR count). The zero-order chi connectivity index (χ0) is 15.8. The molecule has 0 aromatic heterocycles. The first-order valence-corrected chi connectivity index (χ1v) is 7.11. The van der Waals surface area contributed by atoms with Crippen LogP contribution in [0.25, 0.3) is 0 Å². The Morgan fingerprint density at radius 2 is 2.00 bits per heavy atom. The number of benzene rings is 1. The largest absolute Gasteiger partial charge is 0.481 e. The average Bonchev–Trinajstić information content (AvgIpc) is 2.44. The Hall–Kier alpha value is -2.04. The third kappa shape index (κ3) is 5.45. The fraction of sp³-hybridized carbons (Fsp3) is 0.500. The molecule has 0 saturated heterocycles. The highest BCUT2D eigenvalue weighted by atomic mass is 16.5. The zero-order valence-corrected chi connectivity index (χ0v) is 13.1. The number of rotatable bonds is 7. The highest BCUT2D eigenvalue weighted by molar-refractivity contribution is 5.85. The van der Waals surface area contributed by atoms with Gasteiger partial charge in [-0.25, -0.2) is 0 Å².